The van der Waals surface area contributed by atoms with Crippen LogP contribution in [0.1, 0.15) is 17.3 Å². The lowest BCUT2D eigenvalue weighted by Crippen LogP contribution is -2.30. The Hall–Kier alpha value is -2.60. The average Bonchev–Trinajstić information content (AvgIpc) is 2.57. The zero-order chi connectivity index (χ0) is 16.5. The summed E-state index contributed by atoms with van der Waals surface area (Å²) < 4.78 is 5.41. The van der Waals surface area contributed by atoms with Crippen LogP contribution in [0.15, 0.2) is 42.6 Å². The smallest absolute Gasteiger partial charge is 0.255 e. The third-order valence-corrected chi connectivity index (χ3v) is 3.14. The van der Waals surface area contributed by atoms with Gasteiger partial charge in [-0.2, -0.15) is 0 Å². The van der Waals surface area contributed by atoms with Crippen LogP contribution in [0.25, 0.3) is 0 Å². The Balaban J connectivity index is 2.09. The number of amides is 1. The molecule has 2 aromatic rings. The van der Waals surface area contributed by atoms with E-state index in [-0.39, 0.29) is 5.91 Å². The highest BCUT2D eigenvalue weighted by molar-refractivity contribution is 5.99. The number of hydrogen-bond acceptors (Lipinski definition) is 5. The van der Waals surface area contributed by atoms with Crippen LogP contribution in [-0.2, 0) is 0 Å². The van der Waals surface area contributed by atoms with Gasteiger partial charge in [-0.15, -0.1) is 0 Å². The van der Waals surface area contributed by atoms with E-state index in [9.17, 15) is 4.79 Å². The molecule has 1 aromatic carbocycles. The number of aromatic nitrogens is 1. The van der Waals surface area contributed by atoms with E-state index in [0.717, 1.165) is 11.4 Å². The highest BCUT2D eigenvalue weighted by Gasteiger charge is 2.11. The van der Waals surface area contributed by atoms with Crippen molar-refractivity contribution in [3.05, 3.63) is 48.2 Å². The number of benzene rings is 1. The van der Waals surface area contributed by atoms with Crippen LogP contribution >= 0.6 is 0 Å². The van der Waals surface area contributed by atoms with Crippen LogP contribution in [0.2, 0.25) is 0 Å². The molecule has 0 aliphatic heterocycles. The maximum Gasteiger partial charge on any atom is 0.255 e. The van der Waals surface area contributed by atoms with Gasteiger partial charge in [-0.05, 0) is 50.4 Å². The lowest BCUT2D eigenvalue weighted by Gasteiger charge is -2.11. The first-order valence-electron chi connectivity index (χ1n) is 7.62. The summed E-state index contributed by atoms with van der Waals surface area (Å²) in [5.74, 6) is 1.18. The SMILES string of the molecule is CCOc1ccc(Nc2ncccc2C(=O)NCCNC)cc1. The van der Waals surface area contributed by atoms with Crippen molar-refractivity contribution < 1.29 is 9.53 Å². The number of carbonyl (C=O) groups is 1. The van der Waals surface area contributed by atoms with Crippen molar-refractivity contribution in [1.82, 2.24) is 15.6 Å². The predicted octanol–water partition coefficient (Wildman–Crippen LogP) is 2.17. The molecule has 0 aliphatic rings. The van der Waals surface area contributed by atoms with Gasteiger partial charge in [-0.3, -0.25) is 4.79 Å². The third-order valence-electron chi connectivity index (χ3n) is 3.14. The quantitative estimate of drug-likeness (QED) is 0.651. The Morgan fingerprint density at radius 1 is 1.17 bits per heavy atom. The molecule has 0 fully saturated rings. The van der Waals surface area contributed by atoms with Gasteiger partial charge in [0.1, 0.15) is 11.6 Å². The van der Waals surface area contributed by atoms with Gasteiger partial charge in [-0.25, -0.2) is 4.98 Å². The van der Waals surface area contributed by atoms with Crippen LogP contribution in [0.5, 0.6) is 5.75 Å². The standard InChI is InChI=1S/C17H22N4O2/c1-3-23-14-8-6-13(7-9-14)21-16-15(5-4-10-19-16)17(22)20-12-11-18-2/h4-10,18H,3,11-12H2,1-2H3,(H,19,21)(H,20,22). The molecule has 1 heterocycles. The molecule has 0 unspecified atom stereocenters. The second-order valence-corrected chi connectivity index (χ2v) is 4.84. The highest BCUT2D eigenvalue weighted by atomic mass is 16.5. The van der Waals surface area contributed by atoms with E-state index in [1.807, 2.05) is 38.2 Å². The molecule has 122 valence electrons. The number of anilines is 2. The van der Waals surface area contributed by atoms with Crippen molar-refractivity contribution in [1.29, 1.82) is 0 Å². The van der Waals surface area contributed by atoms with Gasteiger partial charge in [0.05, 0.1) is 12.2 Å². The Bertz CT molecular complexity index is 629. The summed E-state index contributed by atoms with van der Waals surface area (Å²) in [5, 5.41) is 9.01. The number of likely N-dealkylation sites (N-methyl/N-ethyl adjacent to an activating group) is 1. The van der Waals surface area contributed by atoms with Gasteiger partial charge in [0.15, 0.2) is 0 Å². The number of nitrogens with zero attached hydrogens (tertiary/aromatic N) is 1. The first kappa shape index (κ1) is 16.8. The van der Waals surface area contributed by atoms with Gasteiger partial charge in [-0.1, -0.05) is 0 Å². The molecule has 0 saturated heterocycles. The van der Waals surface area contributed by atoms with Crippen molar-refractivity contribution in [3.63, 3.8) is 0 Å². The first-order chi connectivity index (χ1) is 11.2. The molecule has 0 atom stereocenters. The lowest BCUT2D eigenvalue weighted by molar-refractivity contribution is 0.0954. The Morgan fingerprint density at radius 2 is 1.96 bits per heavy atom. The van der Waals surface area contributed by atoms with Gasteiger partial charge >= 0.3 is 0 Å². The van der Waals surface area contributed by atoms with Gasteiger partial charge in [0.25, 0.3) is 5.91 Å². The van der Waals surface area contributed by atoms with Crippen molar-refractivity contribution in [2.24, 2.45) is 0 Å². The monoisotopic (exact) mass is 314 g/mol. The highest BCUT2D eigenvalue weighted by Crippen LogP contribution is 2.21. The largest absolute Gasteiger partial charge is 0.494 e. The molecule has 0 spiro atoms. The molecule has 6 nitrogen and oxygen atoms in total. The molecule has 3 N–H and O–H groups in total. The number of ether oxygens (including phenoxy) is 1. The maximum atomic E-state index is 12.2. The summed E-state index contributed by atoms with van der Waals surface area (Å²) in [5.41, 5.74) is 1.36. The molecule has 1 aromatic heterocycles. The molecule has 0 aliphatic carbocycles. The fourth-order valence-electron chi connectivity index (χ4n) is 2.02. The predicted molar refractivity (Wildman–Crippen MR) is 91.4 cm³/mol. The van der Waals surface area contributed by atoms with E-state index in [2.05, 4.69) is 20.9 Å². The molecular formula is C17H22N4O2. The molecule has 6 heteroatoms. The zero-order valence-electron chi connectivity index (χ0n) is 13.4. The van der Waals surface area contributed by atoms with Crippen molar-refractivity contribution >= 4 is 17.4 Å². The summed E-state index contributed by atoms with van der Waals surface area (Å²) in [4.78, 5) is 16.5. The summed E-state index contributed by atoms with van der Waals surface area (Å²) in [7, 11) is 1.84. The lowest BCUT2D eigenvalue weighted by atomic mass is 10.2. The molecule has 0 saturated carbocycles. The van der Waals surface area contributed by atoms with E-state index in [1.165, 1.54) is 0 Å². The van der Waals surface area contributed by atoms with Crippen molar-refractivity contribution in [3.8, 4) is 5.75 Å². The second kappa shape index (κ2) is 8.75. The van der Waals surface area contributed by atoms with Crippen LogP contribution in [0.4, 0.5) is 11.5 Å². The minimum absolute atomic E-state index is 0.151. The summed E-state index contributed by atoms with van der Waals surface area (Å²) >= 11 is 0. The van der Waals surface area contributed by atoms with E-state index >= 15 is 0 Å². The van der Waals surface area contributed by atoms with Gasteiger partial charge < -0.3 is 20.7 Å². The number of carbonyl (C=O) groups excluding carboxylic acids is 1. The van der Waals surface area contributed by atoms with Crippen LogP contribution < -0.4 is 20.7 Å². The normalized spacial score (nSPS) is 10.2. The summed E-state index contributed by atoms with van der Waals surface area (Å²) in [6, 6.07) is 11.0. The second-order valence-electron chi connectivity index (χ2n) is 4.84. The fourth-order valence-corrected chi connectivity index (χ4v) is 2.02. The van der Waals surface area contributed by atoms with E-state index in [0.29, 0.717) is 31.1 Å². The minimum atomic E-state index is -0.151. The molecule has 1 amide bonds. The first-order valence-corrected chi connectivity index (χ1v) is 7.62. The minimum Gasteiger partial charge on any atom is -0.494 e. The number of hydrogen-bond donors (Lipinski definition) is 3. The van der Waals surface area contributed by atoms with Crippen LogP contribution in [0, 0.1) is 0 Å². The van der Waals surface area contributed by atoms with E-state index in [1.54, 1.807) is 18.3 Å². The molecule has 0 bridgehead atoms. The number of nitrogens with one attached hydrogen (secondary N) is 3. The maximum absolute atomic E-state index is 12.2. The third kappa shape index (κ3) is 4.96. The topological polar surface area (TPSA) is 75.3 Å². The molecular weight excluding hydrogens is 292 g/mol. The number of pyridine rings is 1. The number of rotatable bonds is 8. The van der Waals surface area contributed by atoms with E-state index in [4.69, 9.17) is 4.74 Å². The molecule has 2 rings (SSSR count). The Kier molecular flexibility index (Phi) is 6.38. The molecule has 23 heavy (non-hydrogen) atoms. The van der Waals surface area contributed by atoms with Crippen LogP contribution in [-0.4, -0.2) is 37.6 Å². The Morgan fingerprint density at radius 3 is 2.65 bits per heavy atom. The fraction of sp³-hybridized carbons (Fsp3) is 0.294. The van der Waals surface area contributed by atoms with Crippen molar-refractivity contribution in [2.75, 3.05) is 32.1 Å². The Labute approximate surface area is 136 Å². The van der Waals surface area contributed by atoms with Gasteiger partial charge in [0, 0.05) is 25.0 Å². The summed E-state index contributed by atoms with van der Waals surface area (Å²) in [6.45, 7) is 3.85. The zero-order valence-corrected chi connectivity index (χ0v) is 13.4. The van der Waals surface area contributed by atoms with Crippen molar-refractivity contribution in [2.45, 2.75) is 6.92 Å². The summed E-state index contributed by atoms with van der Waals surface area (Å²) in [6.07, 6.45) is 1.65. The average molecular weight is 314 g/mol. The van der Waals surface area contributed by atoms with Crippen LogP contribution in [0.3, 0.4) is 0 Å². The molecule has 0 radical (unpaired) electrons. The van der Waals surface area contributed by atoms with Gasteiger partial charge in [0.2, 0.25) is 0 Å². The van der Waals surface area contributed by atoms with E-state index < -0.39 is 0 Å².